The first-order valence-corrected chi connectivity index (χ1v) is 4.26. The van der Waals surface area contributed by atoms with Crippen molar-refractivity contribution >= 4 is 0 Å². The summed E-state index contributed by atoms with van der Waals surface area (Å²) in [6, 6.07) is 0. The molecule has 0 saturated carbocycles. The number of hydrogen-bond acceptors (Lipinski definition) is 3. The molecule has 0 heterocycles. The van der Waals surface area contributed by atoms with E-state index in [0.29, 0.717) is 5.82 Å². The highest BCUT2D eigenvalue weighted by Crippen LogP contribution is 1.96. The van der Waals surface area contributed by atoms with Gasteiger partial charge in [0, 0.05) is 18.8 Å². The summed E-state index contributed by atoms with van der Waals surface area (Å²) in [5, 5.41) is 6.12. The van der Waals surface area contributed by atoms with Crippen molar-refractivity contribution in [3.63, 3.8) is 0 Å². The number of nitrogens with one attached hydrogen (secondary N) is 2. The molecule has 0 aliphatic carbocycles. The lowest BCUT2D eigenvalue weighted by Crippen LogP contribution is -2.20. The molecule has 0 amide bonds. The summed E-state index contributed by atoms with van der Waals surface area (Å²) >= 11 is 0. The Hall–Kier alpha value is -1.12. The van der Waals surface area contributed by atoms with Gasteiger partial charge in [0.15, 0.2) is 0 Å². The van der Waals surface area contributed by atoms with Crippen molar-refractivity contribution in [3.8, 4) is 0 Å². The van der Waals surface area contributed by atoms with E-state index in [1.54, 1.807) is 0 Å². The zero-order chi connectivity index (χ0) is 9.40. The fourth-order valence-electron chi connectivity index (χ4n) is 0.889. The zero-order valence-electron chi connectivity index (χ0n) is 7.82. The minimum Gasteiger partial charge on any atom is -0.389 e. The van der Waals surface area contributed by atoms with Crippen LogP contribution in [0.1, 0.15) is 19.8 Å². The molecule has 12 heavy (non-hydrogen) atoms. The molecule has 0 rings (SSSR count). The molecule has 0 radical (unpaired) electrons. The van der Waals surface area contributed by atoms with E-state index < -0.39 is 0 Å². The van der Waals surface area contributed by atoms with Crippen LogP contribution in [-0.2, 0) is 0 Å². The van der Waals surface area contributed by atoms with Crippen molar-refractivity contribution < 1.29 is 0 Å². The lowest BCUT2D eigenvalue weighted by molar-refractivity contribution is 0.683. The van der Waals surface area contributed by atoms with E-state index in [-0.39, 0.29) is 0 Å². The second-order valence-electron chi connectivity index (χ2n) is 2.69. The molecule has 4 N–H and O–H groups in total. The molecular formula is C9H19N3. The highest BCUT2D eigenvalue weighted by atomic mass is 15.0. The molecule has 0 bridgehead atoms. The summed E-state index contributed by atoms with van der Waals surface area (Å²) < 4.78 is 0. The summed E-state index contributed by atoms with van der Waals surface area (Å²) in [6.07, 6.45) is 2.01. The maximum absolute atomic E-state index is 5.32. The van der Waals surface area contributed by atoms with Crippen molar-refractivity contribution in [1.29, 1.82) is 0 Å². The van der Waals surface area contributed by atoms with Crippen LogP contribution in [0.3, 0.4) is 0 Å². The Morgan fingerprint density at radius 2 is 2.00 bits per heavy atom. The van der Waals surface area contributed by atoms with Crippen LogP contribution in [0.15, 0.2) is 24.7 Å². The molecular weight excluding hydrogens is 150 g/mol. The summed E-state index contributed by atoms with van der Waals surface area (Å²) in [6.45, 7) is 11.3. The molecule has 0 fully saturated rings. The monoisotopic (exact) mass is 169 g/mol. The number of hydrogen-bond donors (Lipinski definition) is 3. The number of rotatable bonds is 7. The Labute approximate surface area is 74.7 Å². The van der Waals surface area contributed by atoms with Crippen molar-refractivity contribution in [2.45, 2.75) is 19.8 Å². The Morgan fingerprint density at radius 3 is 2.50 bits per heavy atom. The lowest BCUT2D eigenvalue weighted by Gasteiger charge is -2.07. The Bertz CT molecular complexity index is 152. The van der Waals surface area contributed by atoms with E-state index in [1.165, 1.54) is 0 Å². The Balaban J connectivity index is 3.19. The first-order valence-electron chi connectivity index (χ1n) is 4.26. The summed E-state index contributed by atoms with van der Waals surface area (Å²) in [5.41, 5.74) is 6.41. The van der Waals surface area contributed by atoms with E-state index in [4.69, 9.17) is 5.73 Å². The molecule has 0 unspecified atom stereocenters. The highest BCUT2D eigenvalue weighted by Gasteiger charge is 1.91. The van der Waals surface area contributed by atoms with Gasteiger partial charge in [-0.25, -0.2) is 0 Å². The average molecular weight is 169 g/mol. The normalized spacial score (nSPS) is 9.08. The van der Waals surface area contributed by atoms with Gasteiger partial charge in [0.1, 0.15) is 0 Å². The fourth-order valence-corrected chi connectivity index (χ4v) is 0.889. The van der Waals surface area contributed by atoms with Gasteiger partial charge in [-0.15, -0.1) is 0 Å². The van der Waals surface area contributed by atoms with E-state index in [1.807, 2.05) is 0 Å². The van der Waals surface area contributed by atoms with E-state index in [2.05, 4.69) is 30.7 Å². The first-order chi connectivity index (χ1) is 5.66. The van der Waals surface area contributed by atoms with Crippen LogP contribution in [0.25, 0.3) is 0 Å². The van der Waals surface area contributed by atoms with Gasteiger partial charge in [-0.2, -0.15) is 0 Å². The van der Waals surface area contributed by atoms with Gasteiger partial charge in [0.05, 0.1) is 5.82 Å². The standard InChI is InChI=1S/C9H19N3/c1-4-11-8(2)6-5-7-12-9(3)10/h11-12H,2-7,10H2,1H3. The van der Waals surface area contributed by atoms with Crippen LogP contribution in [0.4, 0.5) is 0 Å². The van der Waals surface area contributed by atoms with Gasteiger partial charge in [-0.1, -0.05) is 13.2 Å². The van der Waals surface area contributed by atoms with Gasteiger partial charge in [0.25, 0.3) is 0 Å². The van der Waals surface area contributed by atoms with Gasteiger partial charge >= 0.3 is 0 Å². The summed E-state index contributed by atoms with van der Waals surface area (Å²) in [5.74, 6) is 0.532. The Morgan fingerprint density at radius 1 is 1.33 bits per heavy atom. The maximum atomic E-state index is 5.32. The second-order valence-corrected chi connectivity index (χ2v) is 2.69. The van der Waals surface area contributed by atoms with Crippen LogP contribution in [-0.4, -0.2) is 13.1 Å². The summed E-state index contributed by atoms with van der Waals surface area (Å²) in [4.78, 5) is 0. The molecule has 3 heteroatoms. The fraction of sp³-hybridized carbons (Fsp3) is 0.556. The van der Waals surface area contributed by atoms with Crippen LogP contribution in [0, 0.1) is 0 Å². The largest absolute Gasteiger partial charge is 0.389 e. The quantitative estimate of drug-likeness (QED) is 0.496. The molecule has 0 aromatic heterocycles. The second kappa shape index (κ2) is 6.58. The molecule has 0 atom stereocenters. The minimum absolute atomic E-state index is 0.532. The Kier molecular flexibility index (Phi) is 5.97. The molecule has 0 aliphatic rings. The van der Waals surface area contributed by atoms with Crippen LogP contribution in [0.5, 0.6) is 0 Å². The number of allylic oxidation sites excluding steroid dienone is 1. The molecule has 3 nitrogen and oxygen atoms in total. The molecule has 0 aliphatic heterocycles. The maximum Gasteiger partial charge on any atom is 0.0885 e. The summed E-state index contributed by atoms with van der Waals surface area (Å²) in [7, 11) is 0. The molecule has 0 aromatic carbocycles. The highest BCUT2D eigenvalue weighted by molar-refractivity contribution is 4.91. The van der Waals surface area contributed by atoms with Gasteiger partial charge < -0.3 is 16.4 Å². The van der Waals surface area contributed by atoms with Crippen LogP contribution in [0.2, 0.25) is 0 Å². The minimum atomic E-state index is 0.532. The lowest BCUT2D eigenvalue weighted by atomic mass is 10.2. The topological polar surface area (TPSA) is 50.1 Å². The van der Waals surface area contributed by atoms with Crippen LogP contribution >= 0.6 is 0 Å². The third-order valence-corrected chi connectivity index (χ3v) is 1.43. The van der Waals surface area contributed by atoms with Crippen molar-refractivity contribution in [3.05, 3.63) is 24.7 Å². The van der Waals surface area contributed by atoms with E-state index >= 15 is 0 Å². The molecule has 0 aromatic rings. The van der Waals surface area contributed by atoms with Crippen molar-refractivity contribution in [2.75, 3.05) is 13.1 Å². The first kappa shape index (κ1) is 10.9. The van der Waals surface area contributed by atoms with Crippen molar-refractivity contribution in [1.82, 2.24) is 10.6 Å². The van der Waals surface area contributed by atoms with E-state index in [0.717, 1.165) is 31.6 Å². The third kappa shape index (κ3) is 6.99. The van der Waals surface area contributed by atoms with Crippen molar-refractivity contribution in [2.24, 2.45) is 5.73 Å². The SMILES string of the molecule is C=C(N)NCCCC(=C)NCC. The van der Waals surface area contributed by atoms with E-state index in [9.17, 15) is 0 Å². The molecule has 70 valence electrons. The predicted molar refractivity (Wildman–Crippen MR) is 53.4 cm³/mol. The average Bonchev–Trinajstić information content (AvgIpc) is 1.98. The predicted octanol–water partition coefficient (Wildman–Crippen LogP) is 0.909. The zero-order valence-corrected chi connectivity index (χ0v) is 7.82. The van der Waals surface area contributed by atoms with Gasteiger partial charge in [0.2, 0.25) is 0 Å². The third-order valence-electron chi connectivity index (χ3n) is 1.43. The van der Waals surface area contributed by atoms with Gasteiger partial charge in [-0.05, 0) is 19.8 Å². The van der Waals surface area contributed by atoms with Gasteiger partial charge in [-0.3, -0.25) is 0 Å². The number of nitrogens with two attached hydrogens (primary N) is 1. The molecule has 0 spiro atoms. The smallest absolute Gasteiger partial charge is 0.0885 e. The van der Waals surface area contributed by atoms with Crippen LogP contribution < -0.4 is 16.4 Å². The molecule has 0 saturated heterocycles.